The fourth-order valence-corrected chi connectivity index (χ4v) is 1.30. The van der Waals surface area contributed by atoms with Crippen LogP contribution in [-0.2, 0) is 4.74 Å². The molecule has 0 saturated heterocycles. The molecule has 0 aromatic rings. The molecule has 0 aromatic heterocycles. The van der Waals surface area contributed by atoms with Gasteiger partial charge in [0.25, 0.3) is 0 Å². The van der Waals surface area contributed by atoms with Crippen molar-refractivity contribution in [3.05, 3.63) is 0 Å². The molecule has 0 N–H and O–H groups in total. The maximum absolute atomic E-state index is 13.8. The van der Waals surface area contributed by atoms with Crippen molar-refractivity contribution >= 4 is 0 Å². The van der Waals surface area contributed by atoms with Crippen LogP contribution in [0.3, 0.4) is 0 Å². The van der Waals surface area contributed by atoms with Crippen LogP contribution < -0.4 is 0 Å². The average Bonchev–Trinajstić information content (AvgIpc) is 2.35. The van der Waals surface area contributed by atoms with Crippen LogP contribution in [0, 0.1) is 0 Å². The van der Waals surface area contributed by atoms with Crippen LogP contribution in [0.1, 0.15) is 19.8 Å². The largest absolute Gasteiger partial charge is 0.460 e. The molecule has 0 aromatic carbocycles. The number of ether oxygens (including phenoxy) is 1. The third-order valence-electron chi connectivity index (χ3n) is 2.71. The molecule has 1 nitrogen and oxygen atoms in total. The predicted molar refractivity (Wildman–Crippen MR) is 51.7 cm³/mol. The molecule has 0 rings (SSSR count). The van der Waals surface area contributed by atoms with E-state index in [4.69, 9.17) is 0 Å². The Morgan fingerprint density at radius 1 is 0.583 bits per heavy atom. The molecule has 0 fully saturated rings. The highest BCUT2D eigenvalue weighted by atomic mass is 19.4. The fraction of sp³-hybridized carbons (Fsp3) is 1.00. The minimum absolute atomic E-state index is 0.172. The van der Waals surface area contributed by atoms with Crippen molar-refractivity contribution in [2.24, 2.45) is 0 Å². The third kappa shape index (κ3) is 3.38. The number of alkyl halides is 13. The van der Waals surface area contributed by atoms with E-state index in [1.165, 1.54) is 6.92 Å². The summed E-state index contributed by atoms with van der Waals surface area (Å²) in [6, 6.07) is 0. The van der Waals surface area contributed by atoms with Gasteiger partial charge in [-0.15, -0.1) is 0 Å². The quantitative estimate of drug-likeness (QED) is 0.411. The van der Waals surface area contributed by atoms with E-state index in [2.05, 4.69) is 4.74 Å². The molecule has 0 saturated carbocycles. The Balaban J connectivity index is 6.33. The maximum atomic E-state index is 13.8. The molecule has 0 heterocycles. The fourth-order valence-electron chi connectivity index (χ4n) is 1.30. The molecular weight excluding hydrogens is 383 g/mol. The number of halogens is 13. The van der Waals surface area contributed by atoms with E-state index in [0.717, 1.165) is 0 Å². The zero-order chi connectivity index (χ0) is 19.8. The van der Waals surface area contributed by atoms with Crippen LogP contribution in [0.25, 0.3) is 0 Å². The highest BCUT2D eigenvalue weighted by Crippen LogP contribution is 2.60. The molecule has 0 aliphatic rings. The van der Waals surface area contributed by atoms with Gasteiger partial charge in [-0.1, -0.05) is 13.3 Å². The molecule has 0 aliphatic carbocycles. The Hall–Kier alpha value is -0.950. The molecule has 0 bridgehead atoms. The molecular formula is C10H9F13O. The first-order chi connectivity index (χ1) is 10.3. The van der Waals surface area contributed by atoms with Gasteiger partial charge in [-0.25, -0.2) is 0 Å². The lowest BCUT2D eigenvalue weighted by molar-refractivity contribution is -0.475. The molecule has 146 valence electrons. The maximum Gasteiger partial charge on any atom is 0.460 e. The second-order valence-corrected chi connectivity index (χ2v) is 4.52. The van der Waals surface area contributed by atoms with Crippen molar-refractivity contribution < 1.29 is 61.8 Å². The van der Waals surface area contributed by atoms with Gasteiger partial charge < -0.3 is 4.74 Å². The summed E-state index contributed by atoms with van der Waals surface area (Å²) in [4.78, 5) is 0. The number of unbranched alkanes of at least 4 members (excludes halogenated alkanes) is 1. The van der Waals surface area contributed by atoms with E-state index in [1.54, 1.807) is 0 Å². The van der Waals surface area contributed by atoms with Gasteiger partial charge in [-0.05, 0) is 6.42 Å². The Morgan fingerprint density at radius 2 is 0.958 bits per heavy atom. The molecule has 0 radical (unpaired) electrons. The van der Waals surface area contributed by atoms with E-state index in [0.29, 0.717) is 0 Å². The number of hydrogen-bond donors (Lipinski definition) is 0. The second-order valence-electron chi connectivity index (χ2n) is 4.52. The number of hydrogen-bond acceptors (Lipinski definition) is 1. The van der Waals surface area contributed by atoms with Crippen LogP contribution in [0.2, 0.25) is 0 Å². The summed E-state index contributed by atoms with van der Waals surface area (Å²) in [6.45, 7) is -0.504. The summed E-state index contributed by atoms with van der Waals surface area (Å²) < 4.78 is 167. The Bertz CT molecular complexity index is 423. The zero-order valence-electron chi connectivity index (χ0n) is 11.4. The van der Waals surface area contributed by atoms with Crippen LogP contribution in [-0.4, -0.2) is 42.6 Å². The van der Waals surface area contributed by atoms with Crippen molar-refractivity contribution in [2.45, 2.75) is 55.7 Å². The van der Waals surface area contributed by atoms with E-state index >= 15 is 0 Å². The van der Waals surface area contributed by atoms with Crippen molar-refractivity contribution in [2.75, 3.05) is 6.61 Å². The van der Waals surface area contributed by atoms with E-state index < -0.39 is 49.0 Å². The van der Waals surface area contributed by atoms with Crippen molar-refractivity contribution in [1.82, 2.24) is 0 Å². The number of rotatable bonds is 7. The van der Waals surface area contributed by atoms with Crippen LogP contribution in [0.15, 0.2) is 0 Å². The van der Waals surface area contributed by atoms with Crippen molar-refractivity contribution in [1.29, 1.82) is 0 Å². The summed E-state index contributed by atoms with van der Waals surface area (Å²) in [5.74, 6) is -29.5. The lowest BCUT2D eigenvalue weighted by atomic mass is 9.96. The topological polar surface area (TPSA) is 9.23 Å². The van der Waals surface area contributed by atoms with Gasteiger partial charge in [0.15, 0.2) is 0 Å². The normalized spacial score (nSPS) is 17.8. The first-order valence-corrected chi connectivity index (χ1v) is 5.91. The molecule has 14 heteroatoms. The summed E-state index contributed by atoms with van der Waals surface area (Å²) in [6.07, 6.45) is -15.4. The first-order valence-electron chi connectivity index (χ1n) is 5.91. The predicted octanol–water partition coefficient (Wildman–Crippen LogP) is 5.50. The Labute approximate surface area is 125 Å². The van der Waals surface area contributed by atoms with Gasteiger partial charge in [0.2, 0.25) is 0 Å². The molecule has 24 heavy (non-hydrogen) atoms. The standard InChI is InChI=1S/C10H9F13O/c1-2-3-4-24-8(17,7(15,16)10(21,22)23)5(11,12)6(13,14)9(18,19)20/h2-4H2,1H3. The molecule has 1 unspecified atom stereocenters. The summed E-state index contributed by atoms with van der Waals surface area (Å²) in [5, 5.41) is 0. The monoisotopic (exact) mass is 392 g/mol. The Kier molecular flexibility index (Phi) is 6.15. The van der Waals surface area contributed by atoms with E-state index in [9.17, 15) is 57.1 Å². The van der Waals surface area contributed by atoms with Crippen LogP contribution >= 0.6 is 0 Å². The van der Waals surface area contributed by atoms with Gasteiger partial charge in [-0.3, -0.25) is 0 Å². The van der Waals surface area contributed by atoms with Crippen molar-refractivity contribution in [3.8, 4) is 0 Å². The van der Waals surface area contributed by atoms with Gasteiger partial charge in [0.1, 0.15) is 0 Å². The van der Waals surface area contributed by atoms with E-state index in [-0.39, 0.29) is 6.42 Å². The van der Waals surface area contributed by atoms with Gasteiger partial charge in [0, 0.05) is 0 Å². The molecule has 1 atom stereocenters. The molecule has 0 amide bonds. The highest BCUT2D eigenvalue weighted by molar-refractivity contribution is 5.09. The minimum Gasteiger partial charge on any atom is -0.336 e. The highest BCUT2D eigenvalue weighted by Gasteiger charge is 2.91. The van der Waals surface area contributed by atoms with Gasteiger partial charge in [-0.2, -0.15) is 57.1 Å². The Morgan fingerprint density at radius 3 is 1.25 bits per heavy atom. The van der Waals surface area contributed by atoms with Gasteiger partial charge >= 0.3 is 36.0 Å². The van der Waals surface area contributed by atoms with Crippen molar-refractivity contribution in [3.63, 3.8) is 0 Å². The van der Waals surface area contributed by atoms with Gasteiger partial charge in [0.05, 0.1) is 6.61 Å². The van der Waals surface area contributed by atoms with Crippen LogP contribution in [0.4, 0.5) is 57.1 Å². The van der Waals surface area contributed by atoms with Crippen LogP contribution in [0.5, 0.6) is 0 Å². The smallest absolute Gasteiger partial charge is 0.336 e. The first kappa shape index (κ1) is 23.1. The van der Waals surface area contributed by atoms with E-state index in [1.807, 2.05) is 0 Å². The summed E-state index contributed by atoms with van der Waals surface area (Å²) in [5.41, 5.74) is 0. The average molecular weight is 392 g/mol. The molecule has 0 aliphatic heterocycles. The second kappa shape index (κ2) is 6.41. The lowest BCUT2D eigenvalue weighted by Gasteiger charge is -2.41. The zero-order valence-corrected chi connectivity index (χ0v) is 11.4. The molecule has 0 spiro atoms. The minimum atomic E-state index is -7.59. The third-order valence-corrected chi connectivity index (χ3v) is 2.71. The lowest BCUT2D eigenvalue weighted by Crippen LogP contribution is -2.72. The summed E-state index contributed by atoms with van der Waals surface area (Å²) in [7, 11) is 0. The SMILES string of the molecule is CCCCOC(F)(C(F)(F)C(F)(F)F)C(F)(F)C(F)(F)C(F)(F)F. The summed E-state index contributed by atoms with van der Waals surface area (Å²) >= 11 is 0.